The smallest absolute Gasteiger partial charge is 0.0462 e. The lowest BCUT2D eigenvalue weighted by Gasteiger charge is -2.16. The van der Waals surface area contributed by atoms with Crippen molar-refractivity contribution in [1.82, 2.24) is 5.32 Å². The summed E-state index contributed by atoms with van der Waals surface area (Å²) in [6.45, 7) is 4.43. The molecule has 78 valence electrons. The molecule has 2 nitrogen and oxygen atoms in total. The zero-order chi connectivity index (χ0) is 9.52. The quantitative estimate of drug-likeness (QED) is 0.640. The molecule has 0 aromatic carbocycles. The van der Waals surface area contributed by atoms with Crippen LogP contribution in [0, 0.1) is 5.92 Å². The first kappa shape index (κ1) is 11.0. The Morgan fingerprint density at radius 3 is 2.77 bits per heavy atom. The Labute approximate surface area is 82.0 Å². The molecule has 0 saturated heterocycles. The molecule has 0 radical (unpaired) electrons. The van der Waals surface area contributed by atoms with Gasteiger partial charge in [-0.05, 0) is 38.1 Å². The Balaban J connectivity index is 1.93. The Bertz CT molecular complexity index is 127. The van der Waals surface area contributed by atoms with E-state index >= 15 is 0 Å². The lowest BCUT2D eigenvalue weighted by atomic mass is 10.1. The second kappa shape index (κ2) is 6.39. The minimum absolute atomic E-state index is 0.794. The standard InChI is InChI=1S/C11H23NO/c1-10-6-5-7-11(10)12-8-3-4-9-13-2/h10-12H,3-9H2,1-2H3/t10-,11+/m0/s1. The van der Waals surface area contributed by atoms with Gasteiger partial charge in [0.2, 0.25) is 0 Å². The van der Waals surface area contributed by atoms with Crippen molar-refractivity contribution in [2.75, 3.05) is 20.3 Å². The molecule has 13 heavy (non-hydrogen) atoms. The lowest BCUT2D eigenvalue weighted by Crippen LogP contribution is -2.31. The average molecular weight is 185 g/mol. The summed E-state index contributed by atoms with van der Waals surface area (Å²) in [6, 6.07) is 0.794. The fourth-order valence-corrected chi connectivity index (χ4v) is 2.11. The second-order valence-electron chi connectivity index (χ2n) is 4.17. The van der Waals surface area contributed by atoms with Crippen LogP contribution in [0.4, 0.5) is 0 Å². The molecule has 2 atom stereocenters. The van der Waals surface area contributed by atoms with E-state index < -0.39 is 0 Å². The molecule has 0 amide bonds. The second-order valence-corrected chi connectivity index (χ2v) is 4.17. The molecule has 1 rings (SSSR count). The highest BCUT2D eigenvalue weighted by atomic mass is 16.5. The minimum atomic E-state index is 0.794. The molecule has 1 N–H and O–H groups in total. The van der Waals surface area contributed by atoms with Crippen LogP contribution in [0.5, 0.6) is 0 Å². The highest BCUT2D eigenvalue weighted by Gasteiger charge is 2.21. The lowest BCUT2D eigenvalue weighted by molar-refractivity contribution is 0.192. The molecule has 1 saturated carbocycles. The zero-order valence-corrected chi connectivity index (χ0v) is 9.01. The van der Waals surface area contributed by atoms with Gasteiger partial charge in [0, 0.05) is 19.8 Å². The number of nitrogens with one attached hydrogen (secondary N) is 1. The van der Waals surface area contributed by atoms with Crippen LogP contribution in [0.3, 0.4) is 0 Å². The molecule has 0 aromatic rings. The molecule has 0 heterocycles. The van der Waals surface area contributed by atoms with Crippen molar-refractivity contribution in [3.8, 4) is 0 Å². The largest absolute Gasteiger partial charge is 0.385 e. The Hall–Kier alpha value is -0.0800. The van der Waals surface area contributed by atoms with Crippen LogP contribution in [0.1, 0.15) is 39.0 Å². The molecule has 0 aromatic heterocycles. The Morgan fingerprint density at radius 1 is 1.31 bits per heavy atom. The summed E-state index contributed by atoms with van der Waals surface area (Å²) in [4.78, 5) is 0. The third kappa shape index (κ3) is 4.10. The van der Waals surface area contributed by atoms with Gasteiger partial charge in [-0.3, -0.25) is 0 Å². The summed E-state index contributed by atoms with van der Waals surface area (Å²) in [7, 11) is 1.77. The van der Waals surface area contributed by atoms with Gasteiger partial charge in [0.1, 0.15) is 0 Å². The highest BCUT2D eigenvalue weighted by molar-refractivity contribution is 4.79. The van der Waals surface area contributed by atoms with E-state index in [4.69, 9.17) is 4.74 Å². The summed E-state index contributed by atoms with van der Waals surface area (Å²) in [5, 5.41) is 3.63. The number of unbranched alkanes of at least 4 members (excludes halogenated alkanes) is 1. The van der Waals surface area contributed by atoms with E-state index in [-0.39, 0.29) is 0 Å². The van der Waals surface area contributed by atoms with E-state index in [1.807, 2.05) is 0 Å². The van der Waals surface area contributed by atoms with Crippen molar-refractivity contribution < 1.29 is 4.74 Å². The predicted octanol–water partition coefficient (Wildman–Crippen LogP) is 2.19. The number of rotatable bonds is 6. The average Bonchev–Trinajstić information content (AvgIpc) is 2.52. The normalized spacial score (nSPS) is 28.2. The first-order chi connectivity index (χ1) is 6.34. The van der Waals surface area contributed by atoms with Gasteiger partial charge in [-0.2, -0.15) is 0 Å². The van der Waals surface area contributed by atoms with Crippen molar-refractivity contribution in [2.24, 2.45) is 5.92 Å². The van der Waals surface area contributed by atoms with Gasteiger partial charge in [-0.15, -0.1) is 0 Å². The van der Waals surface area contributed by atoms with Crippen molar-refractivity contribution in [3.63, 3.8) is 0 Å². The van der Waals surface area contributed by atoms with Crippen molar-refractivity contribution >= 4 is 0 Å². The number of methoxy groups -OCH3 is 1. The summed E-state index contributed by atoms with van der Waals surface area (Å²) in [6.07, 6.45) is 6.64. The van der Waals surface area contributed by atoms with Gasteiger partial charge < -0.3 is 10.1 Å². The summed E-state index contributed by atoms with van der Waals surface area (Å²) >= 11 is 0. The van der Waals surface area contributed by atoms with Gasteiger partial charge in [-0.1, -0.05) is 13.3 Å². The van der Waals surface area contributed by atoms with Crippen molar-refractivity contribution in [1.29, 1.82) is 0 Å². The zero-order valence-electron chi connectivity index (χ0n) is 9.01. The van der Waals surface area contributed by atoms with Crippen LogP contribution >= 0.6 is 0 Å². The summed E-state index contributed by atoms with van der Waals surface area (Å²) in [5.41, 5.74) is 0. The van der Waals surface area contributed by atoms with E-state index in [1.165, 1.54) is 38.6 Å². The van der Waals surface area contributed by atoms with Gasteiger partial charge in [-0.25, -0.2) is 0 Å². The molecule has 0 bridgehead atoms. The first-order valence-electron chi connectivity index (χ1n) is 5.57. The molecule has 2 heteroatoms. The van der Waals surface area contributed by atoms with Crippen molar-refractivity contribution in [2.45, 2.75) is 45.1 Å². The number of ether oxygens (including phenoxy) is 1. The van der Waals surface area contributed by atoms with E-state index in [2.05, 4.69) is 12.2 Å². The maximum absolute atomic E-state index is 5.01. The van der Waals surface area contributed by atoms with E-state index in [1.54, 1.807) is 7.11 Å². The maximum Gasteiger partial charge on any atom is 0.0462 e. The van der Waals surface area contributed by atoms with Crippen LogP contribution in [-0.4, -0.2) is 26.3 Å². The fraction of sp³-hybridized carbons (Fsp3) is 1.00. The SMILES string of the molecule is COCCCCN[C@@H]1CCC[C@@H]1C. The van der Waals surface area contributed by atoms with Crippen LogP contribution < -0.4 is 5.32 Å². The Kier molecular flexibility index (Phi) is 5.40. The van der Waals surface area contributed by atoms with Crippen molar-refractivity contribution in [3.05, 3.63) is 0 Å². The molecule has 0 aliphatic heterocycles. The maximum atomic E-state index is 5.01. The van der Waals surface area contributed by atoms with E-state index in [0.717, 1.165) is 18.6 Å². The predicted molar refractivity (Wildman–Crippen MR) is 55.9 cm³/mol. The molecule has 1 aliphatic carbocycles. The Morgan fingerprint density at radius 2 is 2.15 bits per heavy atom. The third-order valence-corrected chi connectivity index (χ3v) is 3.04. The molecule has 1 aliphatic rings. The van der Waals surface area contributed by atoms with Gasteiger partial charge in [0.25, 0.3) is 0 Å². The van der Waals surface area contributed by atoms with Crippen LogP contribution in [0.2, 0.25) is 0 Å². The van der Waals surface area contributed by atoms with Crippen LogP contribution in [-0.2, 0) is 4.74 Å². The topological polar surface area (TPSA) is 21.3 Å². The van der Waals surface area contributed by atoms with Crippen LogP contribution in [0.15, 0.2) is 0 Å². The monoisotopic (exact) mass is 185 g/mol. The first-order valence-corrected chi connectivity index (χ1v) is 5.57. The molecule has 1 fully saturated rings. The van der Waals surface area contributed by atoms with E-state index in [9.17, 15) is 0 Å². The van der Waals surface area contributed by atoms with Crippen LogP contribution in [0.25, 0.3) is 0 Å². The van der Waals surface area contributed by atoms with Gasteiger partial charge in [0.05, 0.1) is 0 Å². The molecule has 0 unspecified atom stereocenters. The number of hydrogen-bond acceptors (Lipinski definition) is 2. The van der Waals surface area contributed by atoms with E-state index in [0.29, 0.717) is 0 Å². The number of hydrogen-bond donors (Lipinski definition) is 1. The molecule has 0 spiro atoms. The fourth-order valence-electron chi connectivity index (χ4n) is 2.11. The summed E-state index contributed by atoms with van der Waals surface area (Å²) in [5.74, 6) is 0.891. The molecular weight excluding hydrogens is 162 g/mol. The molecular formula is C11H23NO. The van der Waals surface area contributed by atoms with Gasteiger partial charge in [0.15, 0.2) is 0 Å². The third-order valence-electron chi connectivity index (χ3n) is 3.04. The highest BCUT2D eigenvalue weighted by Crippen LogP contribution is 2.24. The summed E-state index contributed by atoms with van der Waals surface area (Å²) < 4.78 is 5.01. The minimum Gasteiger partial charge on any atom is -0.385 e. The van der Waals surface area contributed by atoms with Gasteiger partial charge >= 0.3 is 0 Å².